The summed E-state index contributed by atoms with van der Waals surface area (Å²) in [5.41, 5.74) is -0.716. The van der Waals surface area contributed by atoms with E-state index in [1.165, 1.54) is 0 Å². The summed E-state index contributed by atoms with van der Waals surface area (Å²) < 4.78 is 11.4. The maximum atomic E-state index is 9.30. The molecule has 0 amide bonds. The number of hydrogen-bond donors (Lipinski definition) is 1. The van der Waals surface area contributed by atoms with Crippen LogP contribution in [-0.2, 0) is 0 Å². The van der Waals surface area contributed by atoms with Gasteiger partial charge in [0.25, 0.3) is 0 Å². The highest BCUT2D eigenvalue weighted by atomic mass is 16.5. The van der Waals surface area contributed by atoms with Crippen molar-refractivity contribution >= 4 is 0 Å². The van der Waals surface area contributed by atoms with E-state index in [0.717, 1.165) is 12.2 Å². The van der Waals surface area contributed by atoms with E-state index < -0.39 is 5.54 Å². The zero-order valence-corrected chi connectivity index (χ0v) is 12.8. The van der Waals surface area contributed by atoms with Crippen molar-refractivity contribution < 1.29 is 9.47 Å². The van der Waals surface area contributed by atoms with E-state index in [4.69, 9.17) is 9.47 Å². The van der Waals surface area contributed by atoms with E-state index in [0.29, 0.717) is 12.4 Å². The summed E-state index contributed by atoms with van der Waals surface area (Å²) in [5.74, 6) is 1.40. The molecule has 0 radical (unpaired) electrons. The van der Waals surface area contributed by atoms with Gasteiger partial charge in [-0.3, -0.25) is 5.32 Å². The summed E-state index contributed by atoms with van der Waals surface area (Å²) in [5, 5.41) is 12.5. The molecule has 1 aromatic carbocycles. The van der Waals surface area contributed by atoms with E-state index in [-0.39, 0.29) is 12.6 Å². The normalized spacial score (nSPS) is 13.6. The van der Waals surface area contributed by atoms with Gasteiger partial charge in [-0.2, -0.15) is 5.26 Å². The smallest absolute Gasteiger partial charge is 0.161 e. The Balaban J connectivity index is 2.71. The minimum absolute atomic E-state index is 0.217. The second kappa shape index (κ2) is 7.76. The first-order valence-corrected chi connectivity index (χ1v) is 7.04. The maximum Gasteiger partial charge on any atom is 0.161 e. The maximum absolute atomic E-state index is 9.30. The van der Waals surface area contributed by atoms with Crippen LogP contribution in [0.5, 0.6) is 11.5 Å². The number of nitrogens with one attached hydrogen (secondary N) is 1. The molecule has 0 aliphatic carbocycles. The predicted octanol–water partition coefficient (Wildman–Crippen LogP) is 3.13. The van der Waals surface area contributed by atoms with Crippen LogP contribution in [0.25, 0.3) is 0 Å². The summed E-state index contributed by atoms with van der Waals surface area (Å²) in [7, 11) is 0. The molecule has 1 N–H and O–H groups in total. The molecule has 0 bridgehead atoms. The van der Waals surface area contributed by atoms with Crippen LogP contribution in [-0.4, -0.2) is 24.8 Å². The number of ether oxygens (including phenoxy) is 2. The molecule has 0 saturated carbocycles. The molecule has 0 aliphatic rings. The first-order chi connectivity index (χ1) is 9.50. The fourth-order valence-electron chi connectivity index (χ4n) is 1.87. The van der Waals surface area contributed by atoms with Crippen molar-refractivity contribution in [2.45, 2.75) is 45.7 Å². The van der Waals surface area contributed by atoms with Crippen LogP contribution in [0.4, 0.5) is 0 Å². The Kier molecular flexibility index (Phi) is 6.33. The quantitative estimate of drug-likeness (QED) is 0.792. The van der Waals surface area contributed by atoms with Crippen molar-refractivity contribution in [2.75, 3.05) is 13.2 Å². The molecular formula is C16H24N2O2. The third kappa shape index (κ3) is 5.10. The fourth-order valence-corrected chi connectivity index (χ4v) is 1.87. The highest BCUT2D eigenvalue weighted by molar-refractivity contribution is 5.39. The van der Waals surface area contributed by atoms with Crippen LogP contribution >= 0.6 is 0 Å². The first kappa shape index (κ1) is 16.3. The second-order valence-electron chi connectivity index (χ2n) is 5.33. The molecule has 0 aromatic heterocycles. The van der Waals surface area contributed by atoms with Gasteiger partial charge >= 0.3 is 0 Å². The minimum atomic E-state index is -0.716. The summed E-state index contributed by atoms with van der Waals surface area (Å²) in [6.45, 7) is 8.83. The zero-order chi connectivity index (χ0) is 15.0. The third-order valence-corrected chi connectivity index (χ3v) is 2.68. The average Bonchev–Trinajstić information content (AvgIpc) is 2.43. The number of nitriles is 1. The largest absolute Gasteiger partial charge is 0.490 e. The van der Waals surface area contributed by atoms with Crippen LogP contribution in [0.3, 0.4) is 0 Å². The van der Waals surface area contributed by atoms with E-state index in [1.54, 1.807) is 0 Å². The molecule has 4 nitrogen and oxygen atoms in total. The summed E-state index contributed by atoms with van der Waals surface area (Å²) in [4.78, 5) is 0. The molecule has 1 rings (SSSR count). The molecule has 0 saturated heterocycles. The molecule has 4 heteroatoms. The second-order valence-corrected chi connectivity index (χ2v) is 5.33. The van der Waals surface area contributed by atoms with Crippen molar-refractivity contribution in [2.24, 2.45) is 0 Å². The van der Waals surface area contributed by atoms with Gasteiger partial charge < -0.3 is 9.47 Å². The number of nitrogens with zero attached hydrogens (tertiary/aromatic N) is 1. The average molecular weight is 276 g/mol. The third-order valence-electron chi connectivity index (χ3n) is 2.68. The molecule has 1 unspecified atom stereocenters. The van der Waals surface area contributed by atoms with Crippen molar-refractivity contribution in [3.8, 4) is 17.6 Å². The Morgan fingerprint density at radius 1 is 1.25 bits per heavy atom. The van der Waals surface area contributed by atoms with E-state index in [9.17, 15) is 5.26 Å². The highest BCUT2D eigenvalue weighted by Gasteiger charge is 2.26. The standard InChI is InChI=1S/C16H24N2O2/c1-5-10-19-14-8-6-7-9-15(14)20-12-16(4,11-17)18-13(2)3/h6-9,13,18H,5,10,12H2,1-4H3. The number of rotatable bonds is 8. The molecular weight excluding hydrogens is 252 g/mol. The van der Waals surface area contributed by atoms with E-state index in [1.807, 2.05) is 45.0 Å². The molecule has 1 aromatic rings. The molecule has 0 heterocycles. The molecule has 0 spiro atoms. The Morgan fingerprint density at radius 2 is 1.85 bits per heavy atom. The van der Waals surface area contributed by atoms with Crippen molar-refractivity contribution in [1.82, 2.24) is 5.32 Å². The van der Waals surface area contributed by atoms with E-state index >= 15 is 0 Å². The first-order valence-electron chi connectivity index (χ1n) is 7.04. The van der Waals surface area contributed by atoms with Crippen molar-refractivity contribution in [3.05, 3.63) is 24.3 Å². The van der Waals surface area contributed by atoms with Gasteiger partial charge in [-0.05, 0) is 39.3 Å². The van der Waals surface area contributed by atoms with Crippen LogP contribution in [0, 0.1) is 11.3 Å². The van der Waals surface area contributed by atoms with Crippen LogP contribution in [0.15, 0.2) is 24.3 Å². The monoisotopic (exact) mass is 276 g/mol. The number of benzene rings is 1. The molecule has 110 valence electrons. The zero-order valence-electron chi connectivity index (χ0n) is 12.8. The lowest BCUT2D eigenvalue weighted by atomic mass is 10.1. The van der Waals surface area contributed by atoms with Gasteiger partial charge in [0.15, 0.2) is 11.5 Å². The molecule has 0 fully saturated rings. The van der Waals surface area contributed by atoms with Crippen molar-refractivity contribution in [3.63, 3.8) is 0 Å². The lowest BCUT2D eigenvalue weighted by Crippen LogP contribution is -2.49. The summed E-state index contributed by atoms with van der Waals surface area (Å²) in [6.07, 6.45) is 0.944. The van der Waals surface area contributed by atoms with Gasteiger partial charge in [0.1, 0.15) is 12.1 Å². The van der Waals surface area contributed by atoms with Gasteiger partial charge in [0, 0.05) is 6.04 Å². The molecule has 20 heavy (non-hydrogen) atoms. The lowest BCUT2D eigenvalue weighted by molar-refractivity contribution is 0.211. The highest BCUT2D eigenvalue weighted by Crippen LogP contribution is 2.27. The molecule has 0 aliphatic heterocycles. The van der Waals surface area contributed by atoms with Gasteiger partial charge in [-0.15, -0.1) is 0 Å². The van der Waals surface area contributed by atoms with Crippen LogP contribution in [0.1, 0.15) is 34.1 Å². The van der Waals surface area contributed by atoms with Gasteiger partial charge in [-0.25, -0.2) is 0 Å². The topological polar surface area (TPSA) is 54.3 Å². The Morgan fingerprint density at radius 3 is 2.35 bits per heavy atom. The SMILES string of the molecule is CCCOc1ccccc1OCC(C)(C#N)NC(C)C. The lowest BCUT2D eigenvalue weighted by Gasteiger charge is -2.26. The van der Waals surface area contributed by atoms with Gasteiger partial charge in [-0.1, -0.05) is 19.1 Å². The van der Waals surface area contributed by atoms with Crippen LogP contribution in [0.2, 0.25) is 0 Å². The number of hydrogen-bond acceptors (Lipinski definition) is 4. The van der Waals surface area contributed by atoms with Crippen LogP contribution < -0.4 is 14.8 Å². The predicted molar refractivity (Wildman–Crippen MR) is 80.0 cm³/mol. The minimum Gasteiger partial charge on any atom is -0.490 e. The fraction of sp³-hybridized carbons (Fsp3) is 0.562. The summed E-state index contributed by atoms with van der Waals surface area (Å²) in [6, 6.07) is 10.0. The Hall–Kier alpha value is -1.73. The Labute approximate surface area is 121 Å². The van der Waals surface area contributed by atoms with Gasteiger partial charge in [0.2, 0.25) is 0 Å². The van der Waals surface area contributed by atoms with E-state index in [2.05, 4.69) is 18.3 Å². The number of para-hydroxylation sites is 2. The Bertz CT molecular complexity index is 454. The van der Waals surface area contributed by atoms with Crippen molar-refractivity contribution in [1.29, 1.82) is 5.26 Å². The summed E-state index contributed by atoms with van der Waals surface area (Å²) >= 11 is 0. The molecule has 1 atom stereocenters. The van der Waals surface area contributed by atoms with Gasteiger partial charge in [0.05, 0.1) is 12.7 Å².